The lowest BCUT2D eigenvalue weighted by Crippen LogP contribution is -2.34. The third-order valence-corrected chi connectivity index (χ3v) is 6.36. The third-order valence-electron chi connectivity index (χ3n) is 5.16. The highest BCUT2D eigenvalue weighted by Crippen LogP contribution is 2.33. The average Bonchev–Trinajstić information content (AvgIpc) is 3.16. The molecule has 0 spiro atoms. The normalized spacial score (nSPS) is 15.7. The Labute approximate surface area is 167 Å². The minimum absolute atomic E-state index is 0.0643. The van der Waals surface area contributed by atoms with Crippen LogP contribution in [0.1, 0.15) is 30.2 Å². The van der Waals surface area contributed by atoms with Crippen LogP contribution in [0.25, 0.3) is 10.2 Å². The molecule has 0 saturated carbocycles. The van der Waals surface area contributed by atoms with Gasteiger partial charge in [-0.15, -0.1) is 11.3 Å². The van der Waals surface area contributed by atoms with E-state index in [1.165, 1.54) is 21.8 Å². The molecule has 1 fully saturated rings. The van der Waals surface area contributed by atoms with Gasteiger partial charge in [-0.2, -0.15) is 0 Å². The molecule has 2 heterocycles. The third kappa shape index (κ3) is 4.48. The second-order valence-electron chi connectivity index (χ2n) is 7.09. The molecule has 146 valence electrons. The monoisotopic (exact) mass is 397 g/mol. The van der Waals surface area contributed by atoms with Crippen LogP contribution in [0.15, 0.2) is 48.5 Å². The number of fused-ring (bicyclic) bond motifs is 1. The van der Waals surface area contributed by atoms with E-state index in [1.54, 1.807) is 12.1 Å². The van der Waals surface area contributed by atoms with Crippen LogP contribution in [0.3, 0.4) is 0 Å². The first-order chi connectivity index (χ1) is 13.7. The van der Waals surface area contributed by atoms with E-state index in [4.69, 9.17) is 9.72 Å². The van der Waals surface area contributed by atoms with Crippen LogP contribution in [-0.2, 0) is 0 Å². The number of aromatic nitrogens is 1. The first-order valence-electron chi connectivity index (χ1n) is 9.64. The van der Waals surface area contributed by atoms with E-state index in [1.807, 2.05) is 17.4 Å². The predicted molar refractivity (Wildman–Crippen MR) is 111 cm³/mol. The summed E-state index contributed by atoms with van der Waals surface area (Å²) in [5, 5.41) is 12.1. The second kappa shape index (κ2) is 8.67. The van der Waals surface area contributed by atoms with Gasteiger partial charge in [-0.1, -0.05) is 18.2 Å². The molecular weight excluding hydrogens is 374 g/mol. The molecule has 3 aromatic rings. The summed E-state index contributed by atoms with van der Waals surface area (Å²) in [5.74, 6) is 1.12. The largest absolute Gasteiger partial charge is 0.493 e. The van der Waals surface area contributed by atoms with E-state index in [2.05, 4.69) is 23.1 Å². The fraction of sp³-hybridized carbons (Fsp3) is 0.381. The van der Waals surface area contributed by atoms with Gasteiger partial charge < -0.3 is 9.64 Å². The topological polar surface area (TPSA) is 68.5 Å². The molecule has 0 N–H and O–H groups in total. The van der Waals surface area contributed by atoms with Crippen molar-refractivity contribution in [2.45, 2.75) is 25.2 Å². The van der Waals surface area contributed by atoms with Gasteiger partial charge in [0.25, 0.3) is 5.69 Å². The van der Waals surface area contributed by atoms with Gasteiger partial charge in [0.2, 0.25) is 0 Å². The zero-order valence-electron chi connectivity index (χ0n) is 15.6. The minimum Gasteiger partial charge on any atom is -0.493 e. The van der Waals surface area contributed by atoms with Crippen molar-refractivity contribution in [3.05, 3.63) is 63.7 Å². The smallest absolute Gasteiger partial charge is 0.273 e. The van der Waals surface area contributed by atoms with Crippen molar-refractivity contribution in [1.29, 1.82) is 0 Å². The van der Waals surface area contributed by atoms with Gasteiger partial charge in [0.1, 0.15) is 5.75 Å². The molecule has 0 unspecified atom stereocenters. The van der Waals surface area contributed by atoms with Crippen molar-refractivity contribution >= 4 is 27.2 Å². The number of benzene rings is 2. The zero-order valence-corrected chi connectivity index (χ0v) is 16.4. The van der Waals surface area contributed by atoms with Gasteiger partial charge in [0.15, 0.2) is 0 Å². The van der Waals surface area contributed by atoms with Gasteiger partial charge in [-0.05, 0) is 50.6 Å². The van der Waals surface area contributed by atoms with Gasteiger partial charge in [0.05, 0.1) is 32.8 Å². The summed E-state index contributed by atoms with van der Waals surface area (Å²) in [7, 11) is 0. The van der Waals surface area contributed by atoms with Crippen LogP contribution < -0.4 is 4.74 Å². The van der Waals surface area contributed by atoms with E-state index in [0.717, 1.165) is 44.4 Å². The molecule has 0 bridgehead atoms. The average molecular weight is 398 g/mol. The fourth-order valence-electron chi connectivity index (χ4n) is 3.63. The summed E-state index contributed by atoms with van der Waals surface area (Å²) in [6.45, 7) is 3.72. The van der Waals surface area contributed by atoms with E-state index >= 15 is 0 Å². The number of hydrogen-bond acceptors (Lipinski definition) is 6. The maximum Gasteiger partial charge on any atom is 0.273 e. The van der Waals surface area contributed by atoms with Gasteiger partial charge >= 0.3 is 0 Å². The molecule has 0 aliphatic carbocycles. The van der Waals surface area contributed by atoms with Crippen LogP contribution in [0.5, 0.6) is 5.75 Å². The SMILES string of the molecule is O=[N+]([O-])c1cccc(OCCCN2CCC(c3nc4ccccc4s3)CC2)c1. The lowest BCUT2D eigenvalue weighted by Gasteiger charge is -2.30. The molecule has 7 heteroatoms. The molecule has 0 atom stereocenters. The van der Waals surface area contributed by atoms with E-state index in [0.29, 0.717) is 18.3 Å². The number of non-ortho nitro benzene ring substituents is 1. The maximum atomic E-state index is 10.8. The van der Waals surface area contributed by atoms with Crippen LogP contribution in [-0.4, -0.2) is 41.0 Å². The van der Waals surface area contributed by atoms with Crippen LogP contribution in [0, 0.1) is 10.1 Å². The standard InChI is InChI=1S/C21H23N3O3S/c25-24(26)17-5-3-6-18(15-17)27-14-4-11-23-12-9-16(10-13-23)21-22-19-7-1-2-8-20(19)28-21/h1-3,5-8,15-16H,4,9-14H2. The van der Waals surface area contributed by atoms with E-state index in [9.17, 15) is 10.1 Å². The molecule has 1 aliphatic rings. The van der Waals surface area contributed by atoms with E-state index in [-0.39, 0.29) is 5.69 Å². The molecule has 1 aliphatic heterocycles. The molecule has 28 heavy (non-hydrogen) atoms. The number of ether oxygens (including phenoxy) is 1. The number of rotatable bonds is 7. The zero-order chi connectivity index (χ0) is 19.3. The van der Waals surface area contributed by atoms with Gasteiger partial charge in [-0.25, -0.2) is 4.98 Å². The van der Waals surface area contributed by atoms with Crippen molar-refractivity contribution in [3.8, 4) is 5.75 Å². The van der Waals surface area contributed by atoms with Crippen molar-refractivity contribution in [2.75, 3.05) is 26.2 Å². The molecule has 2 aromatic carbocycles. The number of likely N-dealkylation sites (tertiary alicyclic amines) is 1. The van der Waals surface area contributed by atoms with Gasteiger partial charge in [-0.3, -0.25) is 10.1 Å². The molecule has 1 aromatic heterocycles. The van der Waals surface area contributed by atoms with Crippen molar-refractivity contribution in [2.24, 2.45) is 0 Å². The molecule has 1 saturated heterocycles. The Morgan fingerprint density at radius 2 is 2.00 bits per heavy atom. The van der Waals surface area contributed by atoms with Crippen LogP contribution in [0.2, 0.25) is 0 Å². The Bertz CT molecular complexity index is 918. The predicted octanol–water partition coefficient (Wildman–Crippen LogP) is 4.85. The lowest BCUT2D eigenvalue weighted by molar-refractivity contribution is -0.384. The highest BCUT2D eigenvalue weighted by molar-refractivity contribution is 7.18. The number of hydrogen-bond donors (Lipinski definition) is 0. The fourth-order valence-corrected chi connectivity index (χ4v) is 4.77. The molecular formula is C21H23N3O3S. The Morgan fingerprint density at radius 1 is 1.18 bits per heavy atom. The minimum atomic E-state index is -0.400. The molecule has 6 nitrogen and oxygen atoms in total. The Morgan fingerprint density at radius 3 is 2.79 bits per heavy atom. The Kier molecular flexibility index (Phi) is 5.83. The Balaban J connectivity index is 1.20. The molecule has 4 rings (SSSR count). The maximum absolute atomic E-state index is 10.8. The van der Waals surface area contributed by atoms with Crippen molar-refractivity contribution in [3.63, 3.8) is 0 Å². The first kappa shape index (κ1) is 18.8. The number of nitro groups is 1. The number of nitro benzene ring substituents is 1. The number of nitrogens with zero attached hydrogens (tertiary/aromatic N) is 3. The van der Waals surface area contributed by atoms with Crippen molar-refractivity contribution < 1.29 is 9.66 Å². The number of thiazole rings is 1. The second-order valence-corrected chi connectivity index (χ2v) is 8.15. The summed E-state index contributed by atoms with van der Waals surface area (Å²) in [4.78, 5) is 17.7. The quantitative estimate of drug-likeness (QED) is 0.324. The summed E-state index contributed by atoms with van der Waals surface area (Å²) in [6.07, 6.45) is 3.20. The highest BCUT2D eigenvalue weighted by atomic mass is 32.1. The highest BCUT2D eigenvalue weighted by Gasteiger charge is 2.23. The molecule has 0 radical (unpaired) electrons. The first-order valence-corrected chi connectivity index (χ1v) is 10.5. The summed E-state index contributed by atoms with van der Waals surface area (Å²) in [5.41, 5.74) is 1.18. The Hall–Kier alpha value is -2.51. The lowest BCUT2D eigenvalue weighted by atomic mass is 9.97. The van der Waals surface area contributed by atoms with Crippen molar-refractivity contribution in [1.82, 2.24) is 9.88 Å². The van der Waals surface area contributed by atoms with Gasteiger partial charge in [0, 0.05) is 18.5 Å². The number of para-hydroxylation sites is 1. The molecule has 0 amide bonds. The summed E-state index contributed by atoms with van der Waals surface area (Å²) in [6, 6.07) is 14.7. The van der Waals surface area contributed by atoms with E-state index < -0.39 is 4.92 Å². The summed E-state index contributed by atoms with van der Waals surface area (Å²) >= 11 is 1.83. The summed E-state index contributed by atoms with van der Waals surface area (Å²) < 4.78 is 6.95. The van der Waals surface area contributed by atoms with Crippen LogP contribution >= 0.6 is 11.3 Å². The van der Waals surface area contributed by atoms with Crippen LogP contribution in [0.4, 0.5) is 5.69 Å². The number of piperidine rings is 1.